The van der Waals surface area contributed by atoms with Gasteiger partial charge in [-0.1, -0.05) is 36.4 Å². The Hall–Kier alpha value is -2.18. The average molecular weight is 316 g/mol. The van der Waals surface area contributed by atoms with E-state index in [0.717, 1.165) is 13.1 Å². The summed E-state index contributed by atoms with van der Waals surface area (Å²) in [5, 5.41) is 4.83. The third-order valence-electron chi connectivity index (χ3n) is 4.07. The second-order valence-electron chi connectivity index (χ2n) is 5.75. The SMILES string of the molecule is C=CCNC(=O)NC(=O)CN1C[C@@H](CN)[C@H](c2ccccc2)C1. The highest BCUT2D eigenvalue weighted by molar-refractivity contribution is 5.95. The topological polar surface area (TPSA) is 87.5 Å². The second-order valence-corrected chi connectivity index (χ2v) is 5.75. The molecule has 1 saturated heterocycles. The van der Waals surface area contributed by atoms with Gasteiger partial charge in [0.25, 0.3) is 0 Å². The lowest BCUT2D eigenvalue weighted by Crippen LogP contribution is -2.44. The van der Waals surface area contributed by atoms with Crippen LogP contribution in [0.3, 0.4) is 0 Å². The Balaban J connectivity index is 1.88. The van der Waals surface area contributed by atoms with E-state index in [0.29, 0.717) is 24.9 Å². The first kappa shape index (κ1) is 17.2. The Labute approximate surface area is 136 Å². The zero-order chi connectivity index (χ0) is 16.7. The van der Waals surface area contributed by atoms with Crippen LogP contribution in [0.25, 0.3) is 0 Å². The number of nitrogens with zero attached hydrogens (tertiary/aromatic N) is 1. The molecule has 1 aromatic carbocycles. The van der Waals surface area contributed by atoms with Crippen molar-refractivity contribution in [3.05, 3.63) is 48.6 Å². The Morgan fingerprint density at radius 3 is 2.70 bits per heavy atom. The van der Waals surface area contributed by atoms with E-state index in [1.54, 1.807) is 6.08 Å². The smallest absolute Gasteiger partial charge is 0.321 e. The van der Waals surface area contributed by atoms with Crippen LogP contribution in [-0.4, -0.2) is 49.6 Å². The van der Waals surface area contributed by atoms with Crippen LogP contribution >= 0.6 is 0 Å². The molecule has 1 aromatic rings. The van der Waals surface area contributed by atoms with Gasteiger partial charge in [0.15, 0.2) is 0 Å². The van der Waals surface area contributed by atoms with Crippen LogP contribution in [0.2, 0.25) is 0 Å². The fourth-order valence-electron chi connectivity index (χ4n) is 2.98. The van der Waals surface area contributed by atoms with Crippen LogP contribution in [-0.2, 0) is 4.79 Å². The van der Waals surface area contributed by atoms with Crippen LogP contribution < -0.4 is 16.4 Å². The number of benzene rings is 1. The zero-order valence-corrected chi connectivity index (χ0v) is 13.2. The summed E-state index contributed by atoms with van der Waals surface area (Å²) < 4.78 is 0. The molecule has 1 heterocycles. The van der Waals surface area contributed by atoms with Gasteiger partial charge >= 0.3 is 6.03 Å². The highest BCUT2D eigenvalue weighted by atomic mass is 16.2. The predicted molar refractivity (Wildman–Crippen MR) is 89.9 cm³/mol. The van der Waals surface area contributed by atoms with Gasteiger partial charge in [-0.15, -0.1) is 6.58 Å². The first-order chi connectivity index (χ1) is 11.1. The highest BCUT2D eigenvalue weighted by Crippen LogP contribution is 2.31. The standard InChI is InChI=1S/C17H24N4O2/c1-2-8-19-17(23)20-16(22)12-21-10-14(9-18)15(11-21)13-6-4-3-5-7-13/h2-7,14-15H,1,8-12,18H2,(H2,19,20,22,23)/t14-,15+/m1/s1. The summed E-state index contributed by atoms with van der Waals surface area (Å²) in [6.45, 7) is 6.14. The van der Waals surface area contributed by atoms with Crippen LogP contribution in [0, 0.1) is 5.92 Å². The van der Waals surface area contributed by atoms with Gasteiger partial charge < -0.3 is 11.1 Å². The zero-order valence-electron chi connectivity index (χ0n) is 13.2. The van der Waals surface area contributed by atoms with Gasteiger partial charge in [-0.25, -0.2) is 4.79 Å². The summed E-state index contributed by atoms with van der Waals surface area (Å²) in [6, 6.07) is 9.72. The summed E-state index contributed by atoms with van der Waals surface area (Å²) in [4.78, 5) is 25.5. The minimum Gasteiger partial charge on any atom is -0.334 e. The Kier molecular flexibility index (Phi) is 6.31. The number of hydrogen-bond acceptors (Lipinski definition) is 4. The first-order valence-electron chi connectivity index (χ1n) is 7.80. The Morgan fingerprint density at radius 2 is 2.04 bits per heavy atom. The van der Waals surface area contributed by atoms with E-state index in [-0.39, 0.29) is 12.5 Å². The maximum absolute atomic E-state index is 11.9. The highest BCUT2D eigenvalue weighted by Gasteiger charge is 2.33. The maximum atomic E-state index is 11.9. The van der Waals surface area contributed by atoms with Crippen molar-refractivity contribution in [3.63, 3.8) is 0 Å². The quantitative estimate of drug-likeness (QED) is 0.673. The largest absolute Gasteiger partial charge is 0.334 e. The molecule has 23 heavy (non-hydrogen) atoms. The fourth-order valence-corrected chi connectivity index (χ4v) is 2.98. The lowest BCUT2D eigenvalue weighted by Gasteiger charge is -2.16. The van der Waals surface area contributed by atoms with Crippen molar-refractivity contribution in [2.45, 2.75) is 5.92 Å². The number of amides is 3. The number of nitrogens with two attached hydrogens (primary N) is 1. The van der Waals surface area contributed by atoms with E-state index in [2.05, 4.69) is 29.3 Å². The number of rotatable bonds is 6. The molecule has 1 aliphatic rings. The summed E-state index contributed by atoms with van der Waals surface area (Å²) in [5.74, 6) is 0.333. The first-order valence-corrected chi connectivity index (χ1v) is 7.80. The van der Waals surface area contributed by atoms with Gasteiger partial charge in [0.05, 0.1) is 6.54 Å². The molecule has 0 radical (unpaired) electrons. The van der Waals surface area contributed by atoms with E-state index in [4.69, 9.17) is 5.73 Å². The number of imide groups is 1. The van der Waals surface area contributed by atoms with Crippen molar-refractivity contribution in [2.75, 3.05) is 32.7 Å². The van der Waals surface area contributed by atoms with Crippen molar-refractivity contribution in [3.8, 4) is 0 Å². The number of hydrogen-bond donors (Lipinski definition) is 3. The van der Waals surface area contributed by atoms with Gasteiger partial charge in [-0.05, 0) is 18.0 Å². The molecule has 4 N–H and O–H groups in total. The molecule has 0 unspecified atom stereocenters. The van der Waals surface area contributed by atoms with Crippen molar-refractivity contribution in [2.24, 2.45) is 11.7 Å². The molecule has 6 nitrogen and oxygen atoms in total. The third-order valence-corrected chi connectivity index (χ3v) is 4.07. The molecule has 3 amide bonds. The molecule has 0 aliphatic carbocycles. The monoisotopic (exact) mass is 316 g/mol. The normalized spacial score (nSPS) is 20.9. The van der Waals surface area contributed by atoms with Gasteiger partial charge in [0, 0.05) is 25.6 Å². The molecule has 6 heteroatoms. The number of nitrogens with one attached hydrogen (secondary N) is 2. The van der Waals surface area contributed by atoms with E-state index in [1.807, 2.05) is 23.1 Å². The fraction of sp³-hybridized carbons (Fsp3) is 0.412. The van der Waals surface area contributed by atoms with Crippen molar-refractivity contribution in [1.29, 1.82) is 0 Å². The Bertz CT molecular complexity index is 547. The van der Waals surface area contributed by atoms with Crippen LogP contribution in [0.4, 0.5) is 4.79 Å². The molecule has 0 aromatic heterocycles. The molecule has 0 saturated carbocycles. The second kappa shape index (κ2) is 8.45. The van der Waals surface area contributed by atoms with E-state index in [1.165, 1.54) is 5.56 Å². The van der Waals surface area contributed by atoms with E-state index >= 15 is 0 Å². The maximum Gasteiger partial charge on any atom is 0.321 e. The molecular formula is C17H24N4O2. The van der Waals surface area contributed by atoms with Crippen molar-refractivity contribution >= 4 is 11.9 Å². The molecule has 2 atom stereocenters. The average Bonchev–Trinajstić information content (AvgIpc) is 2.96. The summed E-state index contributed by atoms with van der Waals surface area (Å²) in [5.41, 5.74) is 7.13. The number of carbonyl (C=O) groups excluding carboxylic acids is 2. The van der Waals surface area contributed by atoms with E-state index < -0.39 is 6.03 Å². The Morgan fingerprint density at radius 1 is 1.30 bits per heavy atom. The predicted octanol–water partition coefficient (Wildman–Crippen LogP) is 0.673. The van der Waals surface area contributed by atoms with Crippen LogP contribution in [0.15, 0.2) is 43.0 Å². The van der Waals surface area contributed by atoms with Crippen LogP contribution in [0.1, 0.15) is 11.5 Å². The van der Waals surface area contributed by atoms with Crippen LogP contribution in [0.5, 0.6) is 0 Å². The minimum absolute atomic E-state index is 0.196. The molecule has 0 bridgehead atoms. The third kappa shape index (κ3) is 4.91. The molecular weight excluding hydrogens is 292 g/mol. The number of likely N-dealkylation sites (tertiary alicyclic amines) is 1. The summed E-state index contributed by atoms with van der Waals surface area (Å²) >= 11 is 0. The lowest BCUT2D eigenvalue weighted by atomic mass is 9.89. The van der Waals surface area contributed by atoms with Gasteiger partial charge in [0.1, 0.15) is 0 Å². The summed E-state index contributed by atoms with van der Waals surface area (Å²) in [7, 11) is 0. The van der Waals surface area contributed by atoms with Gasteiger partial charge in [0.2, 0.25) is 5.91 Å². The van der Waals surface area contributed by atoms with Crippen molar-refractivity contribution < 1.29 is 9.59 Å². The molecule has 124 valence electrons. The molecule has 1 aliphatic heterocycles. The lowest BCUT2D eigenvalue weighted by molar-refractivity contribution is -0.120. The molecule has 0 spiro atoms. The minimum atomic E-state index is -0.496. The van der Waals surface area contributed by atoms with Gasteiger partial charge in [-0.3, -0.25) is 15.0 Å². The molecule has 1 fully saturated rings. The number of urea groups is 1. The van der Waals surface area contributed by atoms with E-state index in [9.17, 15) is 9.59 Å². The number of carbonyl (C=O) groups is 2. The summed E-state index contributed by atoms with van der Waals surface area (Å²) in [6.07, 6.45) is 1.56. The molecule has 2 rings (SSSR count). The van der Waals surface area contributed by atoms with Crippen molar-refractivity contribution in [1.82, 2.24) is 15.5 Å². The van der Waals surface area contributed by atoms with Gasteiger partial charge in [-0.2, -0.15) is 0 Å².